The number of aromatic nitrogens is 3. The predicted molar refractivity (Wildman–Crippen MR) is 141 cm³/mol. The molecule has 2 aliphatic rings. The molecule has 41 heavy (non-hydrogen) atoms. The molecule has 1 unspecified atom stereocenters. The summed E-state index contributed by atoms with van der Waals surface area (Å²) in [6, 6.07) is 3.31. The fraction of sp³-hybridized carbons (Fsp3) is 0.565. The molecule has 2 aromatic heterocycles. The van der Waals surface area contributed by atoms with E-state index in [1.54, 1.807) is 30.1 Å². The molecule has 4 N–H and O–H groups in total. The van der Waals surface area contributed by atoms with Crippen LogP contribution in [0.15, 0.2) is 35.6 Å². The second-order valence-corrected chi connectivity index (χ2v) is 11.7. The van der Waals surface area contributed by atoms with Gasteiger partial charge in [-0.15, -0.1) is 0 Å². The lowest BCUT2D eigenvalue weighted by Crippen LogP contribution is -2.58. The Bertz CT molecular complexity index is 1290. The number of aliphatic carboxylic acids is 1. The van der Waals surface area contributed by atoms with Gasteiger partial charge in [0.15, 0.2) is 0 Å². The van der Waals surface area contributed by atoms with E-state index in [0.29, 0.717) is 31.5 Å². The molecule has 1 aliphatic carbocycles. The number of amides is 1. The monoisotopic (exact) mass is 625 g/mol. The van der Waals surface area contributed by atoms with Crippen molar-refractivity contribution in [3.8, 4) is 0 Å². The summed E-state index contributed by atoms with van der Waals surface area (Å²) >= 11 is 6.25. The Hall–Kier alpha value is -2.99. The van der Waals surface area contributed by atoms with Gasteiger partial charge >= 0.3 is 12.1 Å². The molecule has 0 bridgehead atoms. The Balaban J connectivity index is 0.000000587. The zero-order valence-electron chi connectivity index (χ0n) is 22.0. The Kier molecular flexibility index (Phi) is 10.9. The van der Waals surface area contributed by atoms with Crippen molar-refractivity contribution < 1.29 is 41.4 Å². The average Bonchev–Trinajstić information content (AvgIpc) is 3.38. The minimum Gasteiger partial charge on any atom is -0.475 e. The van der Waals surface area contributed by atoms with Crippen molar-refractivity contribution in [1.29, 1.82) is 0 Å². The van der Waals surface area contributed by atoms with E-state index >= 15 is 0 Å². The van der Waals surface area contributed by atoms with Gasteiger partial charge in [0.2, 0.25) is 15.9 Å². The molecule has 1 atom stereocenters. The maximum atomic E-state index is 12.8. The zero-order valence-corrected chi connectivity index (χ0v) is 23.5. The number of anilines is 1. The molecule has 18 heteroatoms. The molecule has 0 radical (unpaired) electrons. The van der Waals surface area contributed by atoms with Gasteiger partial charge in [-0.05, 0) is 25.0 Å². The van der Waals surface area contributed by atoms with Crippen LogP contribution >= 0.6 is 11.6 Å². The van der Waals surface area contributed by atoms with E-state index in [-0.39, 0.29) is 28.4 Å². The number of nitrogens with zero attached hydrogens (tertiary/aromatic N) is 5. The smallest absolute Gasteiger partial charge is 0.475 e. The molecule has 0 aromatic carbocycles. The first-order chi connectivity index (χ1) is 19.2. The van der Waals surface area contributed by atoms with Crippen LogP contribution < -0.4 is 10.0 Å². The van der Waals surface area contributed by atoms with E-state index in [1.807, 2.05) is 4.90 Å². The summed E-state index contributed by atoms with van der Waals surface area (Å²) in [5.74, 6) is -2.36. The number of carboxylic acid groups (broad SMARTS) is 1. The SMILES string of the molecule is CC(=O)N1CCN(C2CC(NS(=O)(=O)c3cnc(NCC(O)Cn4cccn4)c(Cl)c3)C2)CC1.O=C(O)C(F)(F)F. The van der Waals surface area contributed by atoms with Crippen molar-refractivity contribution in [2.75, 3.05) is 38.0 Å². The Morgan fingerprint density at radius 3 is 2.37 bits per heavy atom. The summed E-state index contributed by atoms with van der Waals surface area (Å²) in [5.41, 5.74) is 0. The predicted octanol–water partition coefficient (Wildman–Crippen LogP) is 1.01. The molecule has 13 nitrogen and oxygen atoms in total. The topological polar surface area (TPSA) is 170 Å². The first-order valence-corrected chi connectivity index (χ1v) is 14.4. The van der Waals surface area contributed by atoms with Gasteiger partial charge in [-0.25, -0.2) is 22.9 Å². The maximum absolute atomic E-state index is 12.8. The van der Waals surface area contributed by atoms with E-state index in [1.165, 1.54) is 12.3 Å². The fourth-order valence-corrected chi connectivity index (χ4v) is 5.80. The van der Waals surface area contributed by atoms with E-state index in [0.717, 1.165) is 25.9 Å². The first-order valence-electron chi connectivity index (χ1n) is 12.5. The molecule has 1 amide bonds. The van der Waals surface area contributed by atoms with Crippen LogP contribution in [0.2, 0.25) is 5.02 Å². The van der Waals surface area contributed by atoms with E-state index in [2.05, 4.69) is 25.0 Å². The molecule has 1 aliphatic heterocycles. The van der Waals surface area contributed by atoms with Crippen LogP contribution in [0.5, 0.6) is 0 Å². The van der Waals surface area contributed by atoms with Crippen molar-refractivity contribution in [2.45, 2.75) is 55.6 Å². The van der Waals surface area contributed by atoms with E-state index in [4.69, 9.17) is 21.5 Å². The third kappa shape index (κ3) is 9.53. The molecule has 0 spiro atoms. The minimum atomic E-state index is -5.08. The quantitative estimate of drug-likeness (QED) is 0.315. The third-order valence-corrected chi connectivity index (χ3v) is 8.32. The highest BCUT2D eigenvalue weighted by Gasteiger charge is 2.39. The number of pyridine rings is 1. The molecule has 1 saturated heterocycles. The summed E-state index contributed by atoms with van der Waals surface area (Å²) < 4.78 is 61.7. The van der Waals surface area contributed by atoms with Gasteiger partial charge in [0.1, 0.15) is 10.7 Å². The van der Waals surface area contributed by atoms with Crippen LogP contribution in [-0.2, 0) is 26.2 Å². The molecular formula is C23H31ClF3N7O6S. The second-order valence-electron chi connectivity index (χ2n) is 9.55. The van der Waals surface area contributed by atoms with Crippen molar-refractivity contribution in [3.05, 3.63) is 35.7 Å². The number of hydrogen-bond donors (Lipinski definition) is 4. The Morgan fingerprint density at radius 2 is 1.85 bits per heavy atom. The summed E-state index contributed by atoms with van der Waals surface area (Å²) in [4.78, 5) is 28.7. The molecule has 4 rings (SSSR count). The first kappa shape index (κ1) is 32.5. The van der Waals surface area contributed by atoms with Crippen LogP contribution in [0.4, 0.5) is 19.0 Å². The summed E-state index contributed by atoms with van der Waals surface area (Å²) in [6.07, 6.45) is 0.294. The number of piperazine rings is 1. The van der Waals surface area contributed by atoms with Crippen LogP contribution in [0, 0.1) is 0 Å². The number of carbonyl (C=O) groups is 2. The lowest BCUT2D eigenvalue weighted by atomic mass is 9.86. The Morgan fingerprint density at radius 1 is 1.22 bits per heavy atom. The third-order valence-electron chi connectivity index (χ3n) is 6.54. The van der Waals surface area contributed by atoms with E-state index < -0.39 is 28.3 Å². The minimum absolute atomic E-state index is 0.00124. The van der Waals surface area contributed by atoms with Crippen LogP contribution in [0.3, 0.4) is 0 Å². The van der Waals surface area contributed by atoms with Gasteiger partial charge < -0.3 is 20.4 Å². The standard InChI is InChI=1S/C21H30ClN7O4S.C2HF3O2/c1-15(30)27-5-7-28(8-6-27)17-9-16(10-17)26-34(32,33)19-11-20(22)21(24-13-19)23-12-18(31)14-29-4-2-3-25-29;3-2(4,5)1(6)7/h2-4,11,13,16-18,26,31H,5-10,12,14H2,1H3,(H,23,24);(H,6,7). The second kappa shape index (κ2) is 13.8. The number of aliphatic hydroxyl groups is 1. The maximum Gasteiger partial charge on any atom is 0.490 e. The molecule has 1 saturated carbocycles. The average molecular weight is 626 g/mol. The summed E-state index contributed by atoms with van der Waals surface area (Å²) in [5, 5.41) is 24.4. The number of nitrogens with one attached hydrogen (secondary N) is 2. The van der Waals surface area contributed by atoms with Gasteiger partial charge in [-0.2, -0.15) is 18.3 Å². The van der Waals surface area contributed by atoms with Crippen molar-refractivity contribution >= 4 is 39.3 Å². The van der Waals surface area contributed by atoms with Gasteiger partial charge in [0.25, 0.3) is 0 Å². The lowest BCUT2D eigenvalue weighted by molar-refractivity contribution is -0.192. The zero-order chi connectivity index (χ0) is 30.4. The van der Waals surface area contributed by atoms with Crippen LogP contribution in [0.1, 0.15) is 19.8 Å². The summed E-state index contributed by atoms with van der Waals surface area (Å²) in [6.45, 7) is 5.13. The number of alkyl halides is 3. The number of carboxylic acids is 1. The van der Waals surface area contributed by atoms with Gasteiger partial charge in [-0.1, -0.05) is 11.6 Å². The van der Waals surface area contributed by atoms with E-state index in [9.17, 15) is 31.5 Å². The van der Waals surface area contributed by atoms with Crippen LogP contribution in [0.25, 0.3) is 0 Å². The fourth-order valence-electron chi connectivity index (χ4n) is 4.27. The van der Waals surface area contributed by atoms with Crippen LogP contribution in [-0.4, -0.2) is 112 Å². The number of hydrogen-bond acceptors (Lipinski definition) is 9. The van der Waals surface area contributed by atoms with Crippen molar-refractivity contribution in [2.24, 2.45) is 0 Å². The van der Waals surface area contributed by atoms with Crippen molar-refractivity contribution in [3.63, 3.8) is 0 Å². The van der Waals surface area contributed by atoms with Gasteiger partial charge in [0, 0.05) is 70.3 Å². The van der Waals surface area contributed by atoms with Gasteiger partial charge in [0.05, 0.1) is 17.7 Å². The lowest BCUT2D eigenvalue weighted by Gasteiger charge is -2.46. The number of aliphatic hydroxyl groups excluding tert-OH is 1. The molecule has 2 aromatic rings. The van der Waals surface area contributed by atoms with Crippen molar-refractivity contribution in [1.82, 2.24) is 29.3 Å². The number of halogens is 4. The van der Waals surface area contributed by atoms with Gasteiger partial charge in [-0.3, -0.25) is 14.4 Å². The number of carbonyl (C=O) groups excluding carboxylic acids is 1. The normalized spacial score (nSPS) is 20.4. The highest BCUT2D eigenvalue weighted by atomic mass is 35.5. The molecule has 228 valence electrons. The number of rotatable bonds is 9. The molecule has 3 heterocycles. The summed E-state index contributed by atoms with van der Waals surface area (Å²) in [7, 11) is -3.76. The largest absolute Gasteiger partial charge is 0.490 e. The molecular weight excluding hydrogens is 595 g/mol. The number of sulfonamides is 1. The Labute approximate surface area is 239 Å². The molecule has 2 fully saturated rings. The highest BCUT2D eigenvalue weighted by Crippen LogP contribution is 2.29. The highest BCUT2D eigenvalue weighted by molar-refractivity contribution is 7.89.